The predicted molar refractivity (Wildman–Crippen MR) is 112 cm³/mol. The van der Waals surface area contributed by atoms with Gasteiger partial charge in [-0.1, -0.05) is 43.8 Å². The Morgan fingerprint density at radius 2 is 1.90 bits per heavy atom. The van der Waals surface area contributed by atoms with Gasteiger partial charge in [-0.2, -0.15) is 5.26 Å². The van der Waals surface area contributed by atoms with Crippen molar-refractivity contribution in [3.63, 3.8) is 0 Å². The number of rotatable bonds is 9. The smallest absolute Gasteiger partial charge is 0.210 e. The van der Waals surface area contributed by atoms with E-state index >= 15 is 0 Å². The molecule has 8 heteroatoms. The van der Waals surface area contributed by atoms with Crippen LogP contribution >= 0.6 is 11.8 Å². The van der Waals surface area contributed by atoms with E-state index < -0.39 is 0 Å². The number of hydrogen-bond acceptors (Lipinski definition) is 7. The average Bonchev–Trinajstić information content (AvgIpc) is 3.09. The number of aromatic nitrogens is 3. The number of nitrogens with two attached hydrogens (primary N) is 1. The van der Waals surface area contributed by atoms with Gasteiger partial charge in [0.25, 0.3) is 0 Å². The van der Waals surface area contributed by atoms with Crippen LogP contribution in [0.25, 0.3) is 0 Å². The summed E-state index contributed by atoms with van der Waals surface area (Å²) in [7, 11) is 0. The lowest BCUT2D eigenvalue weighted by molar-refractivity contribution is 0.291. The molecule has 2 N–H and O–H groups in total. The first kappa shape index (κ1) is 20.6. The zero-order valence-corrected chi connectivity index (χ0v) is 17.2. The molecule has 0 aliphatic carbocycles. The number of ether oxygens (including phenoxy) is 2. The highest BCUT2D eigenvalue weighted by atomic mass is 32.2. The van der Waals surface area contributed by atoms with E-state index in [-0.39, 0.29) is 6.61 Å². The number of hydrogen-bond donors (Lipinski definition) is 1. The Morgan fingerprint density at radius 1 is 1.10 bits per heavy atom. The Morgan fingerprint density at radius 3 is 2.62 bits per heavy atom. The summed E-state index contributed by atoms with van der Waals surface area (Å²) in [6, 6.07) is 17.1. The Kier molecular flexibility index (Phi) is 6.98. The van der Waals surface area contributed by atoms with Gasteiger partial charge in [-0.15, -0.1) is 10.2 Å². The van der Waals surface area contributed by atoms with Gasteiger partial charge >= 0.3 is 0 Å². The van der Waals surface area contributed by atoms with Crippen molar-refractivity contribution in [2.75, 3.05) is 18.2 Å². The summed E-state index contributed by atoms with van der Waals surface area (Å²) < 4.78 is 12.9. The minimum Gasteiger partial charge on any atom is -0.493 e. The molecular weight excluding hydrogens is 386 g/mol. The summed E-state index contributed by atoms with van der Waals surface area (Å²) in [6.45, 7) is 5.00. The SMILES string of the molecule is CC(C)c1ccc(OCc2nnc(SCCOc3cccc(C#N)c3)n2N)cc1. The van der Waals surface area contributed by atoms with Crippen LogP contribution in [-0.2, 0) is 6.61 Å². The lowest BCUT2D eigenvalue weighted by Gasteiger charge is -2.09. The van der Waals surface area contributed by atoms with Crippen molar-refractivity contribution in [3.05, 3.63) is 65.5 Å². The Balaban J connectivity index is 1.47. The van der Waals surface area contributed by atoms with E-state index in [1.165, 1.54) is 22.0 Å². The zero-order chi connectivity index (χ0) is 20.6. The van der Waals surface area contributed by atoms with E-state index in [0.29, 0.717) is 40.6 Å². The molecule has 29 heavy (non-hydrogen) atoms. The standard InChI is InChI=1S/C21H23N5O2S/c1-15(2)17-6-8-18(9-7-17)28-14-20-24-25-21(26(20)23)29-11-10-27-19-5-3-4-16(12-19)13-22/h3-9,12,15H,10-11,14,23H2,1-2H3. The summed E-state index contributed by atoms with van der Waals surface area (Å²) in [5.74, 6) is 9.17. The van der Waals surface area contributed by atoms with Crippen molar-refractivity contribution in [1.82, 2.24) is 14.9 Å². The highest BCUT2D eigenvalue weighted by molar-refractivity contribution is 7.99. The first-order valence-corrected chi connectivity index (χ1v) is 10.2. The molecule has 7 nitrogen and oxygen atoms in total. The molecule has 0 aliphatic heterocycles. The number of nitriles is 1. The molecule has 0 bridgehead atoms. The Hall–Kier alpha value is -3.18. The van der Waals surface area contributed by atoms with Crippen LogP contribution in [0.2, 0.25) is 0 Å². The van der Waals surface area contributed by atoms with Gasteiger partial charge < -0.3 is 15.3 Å². The predicted octanol–water partition coefficient (Wildman–Crippen LogP) is 3.74. The number of nitrogen functional groups attached to an aromatic ring is 1. The van der Waals surface area contributed by atoms with Crippen LogP contribution in [0.3, 0.4) is 0 Å². The quantitative estimate of drug-likeness (QED) is 0.326. The monoisotopic (exact) mass is 409 g/mol. The zero-order valence-electron chi connectivity index (χ0n) is 16.4. The highest BCUT2D eigenvalue weighted by Gasteiger charge is 2.11. The molecular formula is C21H23N5O2S. The van der Waals surface area contributed by atoms with Crippen LogP contribution in [0.15, 0.2) is 53.7 Å². The van der Waals surface area contributed by atoms with Gasteiger partial charge in [0.2, 0.25) is 5.16 Å². The van der Waals surface area contributed by atoms with Crippen LogP contribution in [0.1, 0.15) is 36.7 Å². The fourth-order valence-electron chi connectivity index (χ4n) is 2.55. The van der Waals surface area contributed by atoms with E-state index in [9.17, 15) is 0 Å². The molecule has 0 radical (unpaired) electrons. The number of nitrogens with zero attached hydrogens (tertiary/aromatic N) is 4. The summed E-state index contributed by atoms with van der Waals surface area (Å²) in [5, 5.41) is 17.7. The van der Waals surface area contributed by atoms with Crippen LogP contribution in [0.4, 0.5) is 0 Å². The molecule has 3 aromatic rings. The molecule has 0 atom stereocenters. The van der Waals surface area contributed by atoms with Crippen molar-refractivity contribution >= 4 is 11.8 Å². The van der Waals surface area contributed by atoms with E-state index in [1.54, 1.807) is 18.2 Å². The van der Waals surface area contributed by atoms with Gasteiger partial charge in [0.05, 0.1) is 18.2 Å². The largest absolute Gasteiger partial charge is 0.493 e. The van der Waals surface area contributed by atoms with Crippen LogP contribution in [-0.4, -0.2) is 27.2 Å². The minimum absolute atomic E-state index is 0.239. The van der Waals surface area contributed by atoms with Crippen molar-refractivity contribution in [2.24, 2.45) is 0 Å². The van der Waals surface area contributed by atoms with Gasteiger partial charge in [-0.05, 0) is 41.8 Å². The normalized spacial score (nSPS) is 10.7. The molecule has 0 unspecified atom stereocenters. The number of thioether (sulfide) groups is 1. The Labute approximate surface area is 174 Å². The van der Waals surface area contributed by atoms with Crippen LogP contribution < -0.4 is 15.3 Å². The fourth-order valence-corrected chi connectivity index (χ4v) is 3.24. The second-order valence-electron chi connectivity index (χ2n) is 6.62. The van der Waals surface area contributed by atoms with Gasteiger partial charge in [0.1, 0.15) is 18.1 Å². The third-order valence-electron chi connectivity index (χ3n) is 4.20. The van der Waals surface area contributed by atoms with Gasteiger partial charge in [-0.25, -0.2) is 4.68 Å². The average molecular weight is 410 g/mol. The molecule has 0 aliphatic rings. The number of benzene rings is 2. The van der Waals surface area contributed by atoms with Crippen molar-refractivity contribution in [2.45, 2.75) is 31.5 Å². The molecule has 0 saturated heterocycles. The summed E-state index contributed by atoms with van der Waals surface area (Å²) in [5.41, 5.74) is 1.83. The topological polar surface area (TPSA) is 99.0 Å². The van der Waals surface area contributed by atoms with E-state index in [1.807, 2.05) is 18.2 Å². The van der Waals surface area contributed by atoms with Gasteiger partial charge in [-0.3, -0.25) is 0 Å². The maximum absolute atomic E-state index is 8.91. The lowest BCUT2D eigenvalue weighted by Crippen LogP contribution is -2.16. The van der Waals surface area contributed by atoms with Crippen LogP contribution in [0.5, 0.6) is 11.5 Å². The second-order valence-corrected chi connectivity index (χ2v) is 7.68. The molecule has 3 rings (SSSR count). The first-order chi connectivity index (χ1) is 14.1. The van der Waals surface area contributed by atoms with E-state index in [0.717, 1.165) is 5.75 Å². The third kappa shape index (κ3) is 5.65. The Bertz CT molecular complexity index is 979. The maximum Gasteiger partial charge on any atom is 0.210 e. The van der Waals surface area contributed by atoms with Crippen molar-refractivity contribution < 1.29 is 9.47 Å². The molecule has 0 amide bonds. The molecule has 0 saturated carbocycles. The summed E-state index contributed by atoms with van der Waals surface area (Å²) in [6.07, 6.45) is 0. The molecule has 2 aromatic carbocycles. The van der Waals surface area contributed by atoms with E-state index in [2.05, 4.69) is 42.2 Å². The van der Waals surface area contributed by atoms with Crippen molar-refractivity contribution in [3.8, 4) is 17.6 Å². The third-order valence-corrected chi connectivity index (χ3v) is 5.10. The van der Waals surface area contributed by atoms with Gasteiger partial charge in [0, 0.05) is 5.75 Å². The van der Waals surface area contributed by atoms with Crippen LogP contribution in [0, 0.1) is 11.3 Å². The molecule has 1 aromatic heterocycles. The van der Waals surface area contributed by atoms with E-state index in [4.69, 9.17) is 20.6 Å². The molecule has 150 valence electrons. The molecule has 1 heterocycles. The lowest BCUT2D eigenvalue weighted by atomic mass is 10.0. The maximum atomic E-state index is 8.91. The fraction of sp³-hybridized carbons (Fsp3) is 0.286. The molecule has 0 spiro atoms. The first-order valence-electron chi connectivity index (χ1n) is 9.24. The second kappa shape index (κ2) is 9.85. The minimum atomic E-state index is 0.239. The van der Waals surface area contributed by atoms with Gasteiger partial charge in [0.15, 0.2) is 5.82 Å². The summed E-state index contributed by atoms with van der Waals surface area (Å²) in [4.78, 5) is 0. The highest BCUT2D eigenvalue weighted by Crippen LogP contribution is 2.20. The summed E-state index contributed by atoms with van der Waals surface area (Å²) >= 11 is 1.44. The molecule has 0 fully saturated rings. The van der Waals surface area contributed by atoms with Crippen molar-refractivity contribution in [1.29, 1.82) is 5.26 Å².